The van der Waals surface area contributed by atoms with Crippen LogP contribution in [-0.2, 0) is 4.74 Å². The van der Waals surface area contributed by atoms with E-state index in [1.807, 2.05) is 0 Å². The fraction of sp³-hybridized carbons (Fsp3) is 1.00. The third kappa shape index (κ3) is 2.68. The number of ether oxygens (including phenoxy) is 1. The van der Waals surface area contributed by atoms with Crippen molar-refractivity contribution in [3.63, 3.8) is 0 Å². The Labute approximate surface area is 81.0 Å². The van der Waals surface area contributed by atoms with Crippen LogP contribution in [0.3, 0.4) is 0 Å². The molecule has 1 aliphatic carbocycles. The lowest BCUT2D eigenvalue weighted by molar-refractivity contribution is 0.107. The first-order valence-corrected chi connectivity index (χ1v) is 5.69. The molecule has 0 amide bonds. The van der Waals surface area contributed by atoms with Crippen LogP contribution in [0.1, 0.15) is 39.0 Å². The van der Waals surface area contributed by atoms with Crippen molar-refractivity contribution >= 4 is 0 Å². The van der Waals surface area contributed by atoms with Crippen LogP contribution in [0.15, 0.2) is 0 Å². The van der Waals surface area contributed by atoms with E-state index in [0.29, 0.717) is 6.10 Å². The molecule has 13 heavy (non-hydrogen) atoms. The van der Waals surface area contributed by atoms with Crippen LogP contribution >= 0.6 is 0 Å². The van der Waals surface area contributed by atoms with Crippen molar-refractivity contribution in [2.45, 2.75) is 51.2 Å². The highest BCUT2D eigenvalue weighted by Gasteiger charge is 2.22. The molecule has 0 unspecified atom stereocenters. The Kier molecular flexibility index (Phi) is 3.23. The van der Waals surface area contributed by atoms with Crippen LogP contribution < -0.4 is 5.32 Å². The minimum atomic E-state index is 0.510. The molecule has 2 heteroatoms. The zero-order valence-corrected chi connectivity index (χ0v) is 8.59. The molecule has 0 bridgehead atoms. The van der Waals surface area contributed by atoms with Gasteiger partial charge in [0.1, 0.15) is 0 Å². The molecule has 1 saturated carbocycles. The van der Waals surface area contributed by atoms with Crippen LogP contribution in [0.25, 0.3) is 0 Å². The Balaban J connectivity index is 1.62. The largest absolute Gasteiger partial charge is 0.377 e. The molecule has 2 fully saturated rings. The molecule has 0 aromatic rings. The van der Waals surface area contributed by atoms with E-state index in [1.54, 1.807) is 0 Å². The molecule has 2 rings (SSSR count). The maximum absolute atomic E-state index is 5.58. The van der Waals surface area contributed by atoms with Gasteiger partial charge in [0, 0.05) is 19.2 Å². The molecule has 76 valence electrons. The maximum atomic E-state index is 5.58. The molecular weight excluding hydrogens is 162 g/mol. The van der Waals surface area contributed by atoms with Gasteiger partial charge in [-0.1, -0.05) is 6.92 Å². The van der Waals surface area contributed by atoms with Crippen LogP contribution in [0.5, 0.6) is 0 Å². The first kappa shape index (κ1) is 9.47. The molecule has 2 nitrogen and oxygen atoms in total. The van der Waals surface area contributed by atoms with Crippen LogP contribution in [0.4, 0.5) is 0 Å². The van der Waals surface area contributed by atoms with Gasteiger partial charge in [0.15, 0.2) is 0 Å². The normalized spacial score (nSPS) is 39.9. The maximum Gasteiger partial charge on any atom is 0.0700 e. The summed E-state index contributed by atoms with van der Waals surface area (Å²) in [7, 11) is 0. The summed E-state index contributed by atoms with van der Waals surface area (Å²) in [6, 6.07) is 0.777. The Hall–Kier alpha value is -0.0800. The van der Waals surface area contributed by atoms with Gasteiger partial charge in [-0.15, -0.1) is 0 Å². The van der Waals surface area contributed by atoms with Crippen LogP contribution in [-0.4, -0.2) is 25.3 Å². The quantitative estimate of drug-likeness (QED) is 0.722. The minimum absolute atomic E-state index is 0.510. The average molecular weight is 183 g/mol. The Morgan fingerprint density at radius 3 is 2.85 bits per heavy atom. The predicted octanol–water partition coefficient (Wildman–Crippen LogP) is 1.94. The van der Waals surface area contributed by atoms with E-state index in [4.69, 9.17) is 4.74 Å². The van der Waals surface area contributed by atoms with E-state index in [1.165, 1.54) is 32.1 Å². The first-order chi connectivity index (χ1) is 6.34. The fourth-order valence-corrected chi connectivity index (χ4v) is 2.50. The highest BCUT2D eigenvalue weighted by atomic mass is 16.5. The van der Waals surface area contributed by atoms with Crippen molar-refractivity contribution in [2.75, 3.05) is 13.2 Å². The predicted molar refractivity (Wildman–Crippen MR) is 53.8 cm³/mol. The van der Waals surface area contributed by atoms with E-state index >= 15 is 0 Å². The van der Waals surface area contributed by atoms with E-state index in [-0.39, 0.29) is 0 Å². The molecule has 0 aromatic heterocycles. The van der Waals surface area contributed by atoms with Gasteiger partial charge in [-0.3, -0.25) is 0 Å². The molecule has 1 heterocycles. The average Bonchev–Trinajstić information content (AvgIpc) is 2.71. The molecule has 3 atom stereocenters. The highest BCUT2D eigenvalue weighted by molar-refractivity contribution is 4.80. The van der Waals surface area contributed by atoms with Gasteiger partial charge in [0.05, 0.1) is 6.10 Å². The molecule has 0 spiro atoms. The minimum Gasteiger partial charge on any atom is -0.377 e. The standard InChI is InChI=1S/C11H21NO/c1-9-4-5-10(7-9)12-8-11-3-2-6-13-11/h9-12H,2-8H2,1H3/t9-,10-,11-/m1/s1. The van der Waals surface area contributed by atoms with E-state index in [9.17, 15) is 0 Å². The zero-order chi connectivity index (χ0) is 9.10. The molecule has 1 N–H and O–H groups in total. The summed E-state index contributed by atoms with van der Waals surface area (Å²) in [5.74, 6) is 0.932. The number of hydrogen-bond donors (Lipinski definition) is 1. The smallest absolute Gasteiger partial charge is 0.0700 e. The van der Waals surface area contributed by atoms with Crippen molar-refractivity contribution in [1.82, 2.24) is 5.32 Å². The van der Waals surface area contributed by atoms with Gasteiger partial charge in [-0.25, -0.2) is 0 Å². The summed E-state index contributed by atoms with van der Waals surface area (Å²) in [5, 5.41) is 3.63. The van der Waals surface area contributed by atoms with Crippen molar-refractivity contribution in [2.24, 2.45) is 5.92 Å². The van der Waals surface area contributed by atoms with Gasteiger partial charge in [0.2, 0.25) is 0 Å². The molecule has 1 saturated heterocycles. The van der Waals surface area contributed by atoms with Crippen molar-refractivity contribution in [1.29, 1.82) is 0 Å². The summed E-state index contributed by atoms with van der Waals surface area (Å²) < 4.78 is 5.58. The fourth-order valence-electron chi connectivity index (χ4n) is 2.50. The second kappa shape index (κ2) is 4.43. The number of hydrogen-bond acceptors (Lipinski definition) is 2. The third-order valence-electron chi connectivity index (χ3n) is 3.35. The summed E-state index contributed by atoms with van der Waals surface area (Å²) in [6.07, 6.45) is 7.17. The van der Waals surface area contributed by atoms with Gasteiger partial charge < -0.3 is 10.1 Å². The zero-order valence-electron chi connectivity index (χ0n) is 8.59. The van der Waals surface area contributed by atoms with Crippen molar-refractivity contribution < 1.29 is 4.74 Å². The lowest BCUT2D eigenvalue weighted by Crippen LogP contribution is -2.33. The van der Waals surface area contributed by atoms with Gasteiger partial charge in [0.25, 0.3) is 0 Å². The summed E-state index contributed by atoms with van der Waals surface area (Å²) in [6.45, 7) is 4.42. The van der Waals surface area contributed by atoms with Gasteiger partial charge >= 0.3 is 0 Å². The SMILES string of the molecule is C[C@@H]1CC[C@@H](NC[C@H]2CCCO2)C1. The molecular formula is C11H21NO. The van der Waals surface area contributed by atoms with Gasteiger partial charge in [-0.2, -0.15) is 0 Å². The molecule has 0 radical (unpaired) electrons. The number of rotatable bonds is 3. The third-order valence-corrected chi connectivity index (χ3v) is 3.35. The topological polar surface area (TPSA) is 21.3 Å². The van der Waals surface area contributed by atoms with Crippen LogP contribution in [0, 0.1) is 5.92 Å². The molecule has 1 aliphatic heterocycles. The molecule has 2 aliphatic rings. The Morgan fingerprint density at radius 2 is 2.23 bits per heavy atom. The second-order valence-electron chi connectivity index (χ2n) is 4.66. The summed E-state index contributed by atoms with van der Waals surface area (Å²) >= 11 is 0. The van der Waals surface area contributed by atoms with Crippen LogP contribution in [0.2, 0.25) is 0 Å². The first-order valence-electron chi connectivity index (χ1n) is 5.69. The monoisotopic (exact) mass is 183 g/mol. The lowest BCUT2D eigenvalue weighted by atomic mass is 10.1. The Bertz CT molecular complexity index is 154. The van der Waals surface area contributed by atoms with Crippen molar-refractivity contribution in [3.05, 3.63) is 0 Å². The number of nitrogens with one attached hydrogen (secondary N) is 1. The lowest BCUT2D eigenvalue weighted by Gasteiger charge is -2.15. The molecule has 0 aromatic carbocycles. The van der Waals surface area contributed by atoms with E-state index in [2.05, 4.69) is 12.2 Å². The Morgan fingerprint density at radius 1 is 1.31 bits per heavy atom. The van der Waals surface area contributed by atoms with Gasteiger partial charge in [-0.05, 0) is 38.0 Å². The second-order valence-corrected chi connectivity index (χ2v) is 4.66. The highest BCUT2D eigenvalue weighted by Crippen LogP contribution is 2.24. The summed E-state index contributed by atoms with van der Waals surface area (Å²) in [5.41, 5.74) is 0. The van der Waals surface area contributed by atoms with E-state index in [0.717, 1.165) is 25.1 Å². The van der Waals surface area contributed by atoms with Crippen molar-refractivity contribution in [3.8, 4) is 0 Å². The summed E-state index contributed by atoms with van der Waals surface area (Å²) in [4.78, 5) is 0. The van der Waals surface area contributed by atoms with E-state index < -0.39 is 0 Å².